The van der Waals surface area contributed by atoms with Crippen molar-refractivity contribution in [3.05, 3.63) is 42.0 Å². The van der Waals surface area contributed by atoms with Crippen molar-refractivity contribution in [3.8, 4) is 5.75 Å². The van der Waals surface area contributed by atoms with Crippen molar-refractivity contribution < 1.29 is 4.74 Å². The van der Waals surface area contributed by atoms with Crippen LogP contribution in [-0.4, -0.2) is 34.1 Å². The van der Waals surface area contributed by atoms with Crippen LogP contribution in [0, 0.1) is 6.92 Å². The second-order valence-electron chi connectivity index (χ2n) is 5.68. The first-order valence-electron chi connectivity index (χ1n) is 7.90. The highest BCUT2D eigenvalue weighted by Crippen LogP contribution is 2.20. The Labute approximate surface area is 131 Å². The first-order chi connectivity index (χ1) is 10.7. The fourth-order valence-electron chi connectivity index (χ4n) is 2.58. The number of hydrogen-bond donors (Lipinski definition) is 0. The monoisotopic (exact) mass is 298 g/mol. The highest BCUT2D eigenvalue weighted by atomic mass is 16.5. The zero-order valence-electron chi connectivity index (χ0n) is 13.2. The molecule has 0 unspecified atom stereocenters. The largest absolute Gasteiger partial charge is 0.489 e. The maximum absolute atomic E-state index is 6.00. The van der Waals surface area contributed by atoms with E-state index in [0.29, 0.717) is 0 Å². The van der Waals surface area contributed by atoms with Crippen molar-refractivity contribution in [2.24, 2.45) is 0 Å². The predicted molar refractivity (Wildman–Crippen MR) is 86.2 cm³/mol. The van der Waals surface area contributed by atoms with Crippen LogP contribution < -0.4 is 9.64 Å². The fourth-order valence-corrected chi connectivity index (χ4v) is 2.58. The van der Waals surface area contributed by atoms with E-state index >= 15 is 0 Å². The van der Waals surface area contributed by atoms with Gasteiger partial charge >= 0.3 is 0 Å². The van der Waals surface area contributed by atoms with E-state index in [9.17, 15) is 0 Å². The summed E-state index contributed by atoms with van der Waals surface area (Å²) in [4.78, 5) is 15.4. The van der Waals surface area contributed by atoms with Gasteiger partial charge in [0.15, 0.2) is 0 Å². The SMILES string of the molecule is CCc1cnc(N2CCC(Oc3ccc(C)nc3)CC2)nc1. The molecule has 0 amide bonds. The summed E-state index contributed by atoms with van der Waals surface area (Å²) in [6, 6.07) is 3.97. The van der Waals surface area contributed by atoms with Crippen LogP contribution in [0.4, 0.5) is 5.95 Å². The molecule has 3 heterocycles. The molecule has 0 atom stereocenters. The summed E-state index contributed by atoms with van der Waals surface area (Å²) in [5, 5.41) is 0. The molecular weight excluding hydrogens is 276 g/mol. The second-order valence-corrected chi connectivity index (χ2v) is 5.68. The molecule has 1 fully saturated rings. The van der Waals surface area contributed by atoms with Gasteiger partial charge in [-0.05, 0) is 31.0 Å². The number of aromatic nitrogens is 3. The lowest BCUT2D eigenvalue weighted by atomic mass is 10.1. The number of nitrogens with zero attached hydrogens (tertiary/aromatic N) is 4. The van der Waals surface area contributed by atoms with E-state index in [2.05, 4.69) is 26.8 Å². The fraction of sp³-hybridized carbons (Fsp3) is 0.471. The number of piperidine rings is 1. The summed E-state index contributed by atoms with van der Waals surface area (Å²) in [6.45, 7) is 5.94. The molecule has 0 bridgehead atoms. The maximum Gasteiger partial charge on any atom is 0.225 e. The van der Waals surface area contributed by atoms with E-state index in [0.717, 1.165) is 49.7 Å². The minimum atomic E-state index is 0.246. The first kappa shape index (κ1) is 14.8. The maximum atomic E-state index is 6.00. The molecule has 1 aliphatic rings. The van der Waals surface area contributed by atoms with Crippen LogP contribution in [0.3, 0.4) is 0 Å². The average Bonchev–Trinajstić information content (AvgIpc) is 2.58. The molecule has 0 saturated carbocycles. The Morgan fingerprint density at radius 2 is 1.82 bits per heavy atom. The van der Waals surface area contributed by atoms with Crippen LogP contribution in [0.25, 0.3) is 0 Å². The smallest absolute Gasteiger partial charge is 0.225 e. The van der Waals surface area contributed by atoms with Gasteiger partial charge in [-0.25, -0.2) is 9.97 Å². The number of hydrogen-bond acceptors (Lipinski definition) is 5. The third kappa shape index (κ3) is 3.53. The van der Waals surface area contributed by atoms with Crippen LogP contribution in [0.15, 0.2) is 30.7 Å². The Hall–Kier alpha value is -2.17. The number of rotatable bonds is 4. The first-order valence-corrected chi connectivity index (χ1v) is 7.90. The number of ether oxygens (including phenoxy) is 1. The zero-order chi connectivity index (χ0) is 15.4. The van der Waals surface area contributed by atoms with Crippen molar-refractivity contribution >= 4 is 5.95 Å². The number of pyridine rings is 1. The predicted octanol–water partition coefficient (Wildman–Crippen LogP) is 2.79. The molecule has 116 valence electrons. The molecule has 0 aliphatic carbocycles. The summed E-state index contributed by atoms with van der Waals surface area (Å²) >= 11 is 0. The van der Waals surface area contributed by atoms with Crippen LogP contribution in [0.2, 0.25) is 0 Å². The molecule has 5 nitrogen and oxygen atoms in total. The molecule has 1 saturated heterocycles. The lowest BCUT2D eigenvalue weighted by molar-refractivity contribution is 0.170. The molecule has 2 aromatic rings. The van der Waals surface area contributed by atoms with Crippen molar-refractivity contribution in [2.75, 3.05) is 18.0 Å². The van der Waals surface area contributed by atoms with E-state index in [4.69, 9.17) is 4.74 Å². The Bertz CT molecular complexity index is 589. The normalized spacial score (nSPS) is 15.8. The Morgan fingerprint density at radius 3 is 2.41 bits per heavy atom. The van der Waals surface area contributed by atoms with E-state index in [1.54, 1.807) is 6.20 Å². The molecule has 0 N–H and O–H groups in total. The number of anilines is 1. The molecule has 3 rings (SSSR count). The molecular formula is C17H22N4O. The van der Waals surface area contributed by atoms with Crippen molar-refractivity contribution in [1.29, 1.82) is 0 Å². The highest BCUT2D eigenvalue weighted by Gasteiger charge is 2.22. The third-order valence-electron chi connectivity index (χ3n) is 4.01. The van der Waals surface area contributed by atoms with Gasteiger partial charge in [0.25, 0.3) is 0 Å². The third-order valence-corrected chi connectivity index (χ3v) is 4.01. The van der Waals surface area contributed by atoms with Gasteiger partial charge in [0.2, 0.25) is 5.95 Å². The van der Waals surface area contributed by atoms with Crippen molar-refractivity contribution in [2.45, 2.75) is 39.2 Å². The summed E-state index contributed by atoms with van der Waals surface area (Å²) in [5.41, 5.74) is 2.18. The van der Waals surface area contributed by atoms with Crippen molar-refractivity contribution in [3.63, 3.8) is 0 Å². The van der Waals surface area contributed by atoms with E-state index in [1.165, 1.54) is 5.56 Å². The molecule has 0 spiro atoms. The number of aryl methyl sites for hydroxylation is 2. The summed E-state index contributed by atoms with van der Waals surface area (Å²) < 4.78 is 6.00. The lowest BCUT2D eigenvalue weighted by Crippen LogP contribution is -2.39. The Balaban J connectivity index is 1.54. The average molecular weight is 298 g/mol. The molecule has 2 aromatic heterocycles. The van der Waals surface area contributed by atoms with E-state index in [1.807, 2.05) is 31.5 Å². The molecule has 5 heteroatoms. The highest BCUT2D eigenvalue weighted by molar-refractivity contribution is 5.30. The van der Waals surface area contributed by atoms with Gasteiger partial charge in [-0.15, -0.1) is 0 Å². The van der Waals surface area contributed by atoms with Crippen LogP contribution in [0.5, 0.6) is 5.75 Å². The molecule has 0 aromatic carbocycles. The molecule has 1 aliphatic heterocycles. The standard InChI is InChI=1S/C17H22N4O/c1-3-14-10-19-17(20-11-14)21-8-6-15(7-9-21)22-16-5-4-13(2)18-12-16/h4-5,10-12,15H,3,6-9H2,1-2H3. The minimum absolute atomic E-state index is 0.246. The Morgan fingerprint density at radius 1 is 1.09 bits per heavy atom. The van der Waals surface area contributed by atoms with E-state index in [-0.39, 0.29) is 6.10 Å². The van der Waals surface area contributed by atoms with Gasteiger partial charge in [-0.3, -0.25) is 4.98 Å². The van der Waals surface area contributed by atoms with Crippen LogP contribution in [-0.2, 0) is 6.42 Å². The molecule has 0 radical (unpaired) electrons. The molecule has 22 heavy (non-hydrogen) atoms. The van der Waals surface area contributed by atoms with E-state index < -0.39 is 0 Å². The lowest BCUT2D eigenvalue weighted by Gasteiger charge is -2.32. The van der Waals surface area contributed by atoms with Crippen LogP contribution in [0.1, 0.15) is 31.0 Å². The van der Waals surface area contributed by atoms with Crippen molar-refractivity contribution in [1.82, 2.24) is 15.0 Å². The van der Waals surface area contributed by atoms with Gasteiger partial charge in [-0.2, -0.15) is 0 Å². The van der Waals surface area contributed by atoms with Gasteiger partial charge in [0, 0.05) is 44.0 Å². The van der Waals surface area contributed by atoms with Gasteiger partial charge in [-0.1, -0.05) is 6.92 Å². The topological polar surface area (TPSA) is 51.1 Å². The Kier molecular flexibility index (Phi) is 4.51. The van der Waals surface area contributed by atoms with Gasteiger partial charge < -0.3 is 9.64 Å². The summed E-state index contributed by atoms with van der Waals surface area (Å²) in [7, 11) is 0. The van der Waals surface area contributed by atoms with Gasteiger partial charge in [0.05, 0.1) is 6.20 Å². The summed E-state index contributed by atoms with van der Waals surface area (Å²) in [5.74, 6) is 1.68. The van der Waals surface area contributed by atoms with Gasteiger partial charge in [0.1, 0.15) is 11.9 Å². The second kappa shape index (κ2) is 6.73. The minimum Gasteiger partial charge on any atom is -0.489 e. The quantitative estimate of drug-likeness (QED) is 0.868. The zero-order valence-corrected chi connectivity index (χ0v) is 13.2. The van der Waals surface area contributed by atoms with Crippen LogP contribution >= 0.6 is 0 Å². The summed E-state index contributed by atoms with van der Waals surface area (Å²) in [6.07, 6.45) is 8.82.